The molecule has 2 saturated heterocycles. The highest BCUT2D eigenvalue weighted by molar-refractivity contribution is 6.09. The minimum absolute atomic E-state index is 0.261. The highest BCUT2D eigenvalue weighted by Gasteiger charge is 2.50. The van der Waals surface area contributed by atoms with Gasteiger partial charge in [-0.05, 0) is 136 Å². The Balaban J connectivity index is 0.000000174. The molecule has 8 aromatic rings. The van der Waals surface area contributed by atoms with Gasteiger partial charge in [-0.25, -0.2) is 9.59 Å². The van der Waals surface area contributed by atoms with E-state index in [2.05, 4.69) is 20.6 Å². The zero-order valence-corrected chi connectivity index (χ0v) is 39.4. The van der Waals surface area contributed by atoms with E-state index in [1.165, 1.54) is 0 Å². The Bertz CT molecular complexity index is 3040. The van der Waals surface area contributed by atoms with Crippen molar-refractivity contribution in [3.05, 3.63) is 192 Å². The zero-order chi connectivity index (χ0) is 49.2. The van der Waals surface area contributed by atoms with Crippen molar-refractivity contribution >= 4 is 68.6 Å². The molecule has 14 heteroatoms. The van der Waals surface area contributed by atoms with Crippen LogP contribution in [0.15, 0.2) is 170 Å². The van der Waals surface area contributed by atoms with Crippen molar-refractivity contribution in [2.45, 2.75) is 51.0 Å². The van der Waals surface area contributed by atoms with Crippen LogP contribution in [0.4, 0.5) is 32.3 Å². The Labute approximate surface area is 404 Å². The Morgan fingerprint density at radius 2 is 0.886 bits per heavy atom. The van der Waals surface area contributed by atoms with Gasteiger partial charge in [-0.15, -0.1) is 0 Å². The molecule has 2 fully saturated rings. The molecule has 0 spiro atoms. The smallest absolute Gasteiger partial charge is 0.415 e. The lowest BCUT2D eigenvalue weighted by atomic mass is 9.91. The van der Waals surface area contributed by atoms with Gasteiger partial charge in [0.25, 0.3) is 11.8 Å². The van der Waals surface area contributed by atoms with Crippen LogP contribution in [0, 0.1) is 0 Å². The third kappa shape index (κ3) is 9.26. The Kier molecular flexibility index (Phi) is 12.6. The first-order valence-electron chi connectivity index (χ1n) is 22.6. The monoisotopic (exact) mass is 934 g/mol. The highest BCUT2D eigenvalue weighted by Crippen LogP contribution is 2.46. The second-order valence-electron chi connectivity index (χ2n) is 17.8. The lowest BCUT2D eigenvalue weighted by molar-refractivity contribution is 0.0675. The third-order valence-electron chi connectivity index (χ3n) is 12.3. The molecule has 0 saturated carbocycles. The van der Waals surface area contributed by atoms with E-state index in [1.54, 1.807) is 84.9 Å². The van der Waals surface area contributed by atoms with Gasteiger partial charge in [-0.3, -0.25) is 29.4 Å². The molecule has 70 heavy (non-hydrogen) atoms. The summed E-state index contributed by atoms with van der Waals surface area (Å²) in [6.45, 7) is 7.54. The SMILES string of the molecule is COc1cccc([C@@H]2N(c3ccc(C(=O)Nc4cccc5cccnc45)cc3)C(=O)OC2(C)C)c1.COc1cccc([C@H]2N(c3ccc(C(=O)Nc4cccc5cccnc45)cc3)C(=O)OC2(C)C)c1. The number of nitrogens with one attached hydrogen (secondary N) is 2. The van der Waals surface area contributed by atoms with Crippen LogP contribution < -0.4 is 29.9 Å². The number of hydrogen-bond donors (Lipinski definition) is 2. The van der Waals surface area contributed by atoms with Gasteiger partial charge in [0.15, 0.2) is 0 Å². The Morgan fingerprint density at radius 3 is 1.27 bits per heavy atom. The highest BCUT2D eigenvalue weighted by atomic mass is 16.6. The minimum atomic E-state index is -0.763. The van der Waals surface area contributed by atoms with Crippen molar-refractivity contribution in [1.82, 2.24) is 9.97 Å². The Hall–Kier alpha value is -8.78. The number of pyridine rings is 2. The quantitative estimate of drug-likeness (QED) is 0.135. The number of rotatable bonds is 10. The van der Waals surface area contributed by atoms with Crippen molar-refractivity contribution in [3.8, 4) is 11.5 Å². The molecule has 0 aliphatic carbocycles. The van der Waals surface area contributed by atoms with E-state index in [9.17, 15) is 19.2 Å². The molecule has 6 aromatic carbocycles. The summed E-state index contributed by atoms with van der Waals surface area (Å²) in [7, 11) is 3.22. The molecule has 0 unspecified atom stereocenters. The number of methoxy groups -OCH3 is 2. The van der Waals surface area contributed by atoms with Gasteiger partial charge < -0.3 is 29.6 Å². The number of amides is 4. The van der Waals surface area contributed by atoms with Gasteiger partial charge in [-0.1, -0.05) is 60.7 Å². The first kappa shape index (κ1) is 46.3. The summed E-state index contributed by atoms with van der Waals surface area (Å²) in [5.41, 5.74) is 5.19. The molecular formula is C56H50N6O8. The van der Waals surface area contributed by atoms with Crippen LogP contribution in [0.25, 0.3) is 21.8 Å². The summed E-state index contributed by atoms with van der Waals surface area (Å²) >= 11 is 0. The molecular weight excluding hydrogens is 885 g/mol. The summed E-state index contributed by atoms with van der Waals surface area (Å²) in [6, 6.07) is 47.2. The first-order chi connectivity index (χ1) is 33.7. The predicted molar refractivity (Wildman–Crippen MR) is 270 cm³/mol. The molecule has 2 atom stereocenters. The van der Waals surface area contributed by atoms with E-state index in [0.717, 1.165) is 32.9 Å². The molecule has 0 bridgehead atoms. The molecule has 0 radical (unpaired) electrons. The average molecular weight is 935 g/mol. The molecule has 4 amide bonds. The maximum absolute atomic E-state index is 13.0. The van der Waals surface area contributed by atoms with Crippen molar-refractivity contribution in [3.63, 3.8) is 0 Å². The molecule has 2 aliphatic rings. The number of ether oxygens (including phenoxy) is 4. The molecule has 2 aromatic heterocycles. The van der Waals surface area contributed by atoms with Crippen molar-refractivity contribution in [2.75, 3.05) is 34.7 Å². The average Bonchev–Trinajstić information content (AvgIpc) is 3.78. The van der Waals surface area contributed by atoms with Crippen molar-refractivity contribution in [2.24, 2.45) is 0 Å². The molecule has 352 valence electrons. The minimum Gasteiger partial charge on any atom is -0.497 e. The number of anilines is 4. The summed E-state index contributed by atoms with van der Waals surface area (Å²) in [5, 5.41) is 7.77. The number of carbonyl (C=O) groups is 4. The predicted octanol–water partition coefficient (Wildman–Crippen LogP) is 11.9. The second-order valence-corrected chi connectivity index (χ2v) is 17.8. The fourth-order valence-electron chi connectivity index (χ4n) is 9.07. The van der Waals surface area contributed by atoms with Crippen molar-refractivity contribution in [1.29, 1.82) is 0 Å². The number of carbonyl (C=O) groups excluding carboxylic acids is 4. The lowest BCUT2D eigenvalue weighted by Gasteiger charge is -2.29. The van der Waals surface area contributed by atoms with Gasteiger partial charge in [0.05, 0.1) is 36.6 Å². The topological polar surface area (TPSA) is 162 Å². The number of fused-ring (bicyclic) bond motifs is 2. The van der Waals surface area contributed by atoms with Crippen LogP contribution >= 0.6 is 0 Å². The fraction of sp³-hybridized carbons (Fsp3) is 0.179. The normalized spacial score (nSPS) is 16.7. The summed E-state index contributed by atoms with van der Waals surface area (Å²) in [4.78, 5) is 63.7. The third-order valence-corrected chi connectivity index (χ3v) is 12.3. The fourth-order valence-corrected chi connectivity index (χ4v) is 9.07. The van der Waals surface area contributed by atoms with E-state index in [0.29, 0.717) is 45.4 Å². The molecule has 10 rings (SSSR count). The largest absolute Gasteiger partial charge is 0.497 e. The van der Waals surface area contributed by atoms with Gasteiger partial charge >= 0.3 is 12.2 Å². The van der Waals surface area contributed by atoms with Crippen molar-refractivity contribution < 1.29 is 38.1 Å². The maximum atomic E-state index is 13.0. The van der Waals surface area contributed by atoms with Gasteiger partial charge in [0.1, 0.15) is 34.8 Å². The number of cyclic esters (lactones) is 2. The summed E-state index contributed by atoms with van der Waals surface area (Å²) in [6.07, 6.45) is 2.51. The van der Waals surface area contributed by atoms with Crippen LogP contribution in [0.5, 0.6) is 11.5 Å². The van der Waals surface area contributed by atoms with Crippen LogP contribution in [-0.4, -0.2) is 59.4 Å². The maximum Gasteiger partial charge on any atom is 0.415 e. The van der Waals surface area contributed by atoms with Crippen LogP contribution in [0.2, 0.25) is 0 Å². The molecule has 2 N–H and O–H groups in total. The van der Waals surface area contributed by atoms with E-state index in [1.807, 2.05) is 137 Å². The number of para-hydroxylation sites is 2. The zero-order valence-electron chi connectivity index (χ0n) is 39.4. The van der Waals surface area contributed by atoms with Crippen LogP contribution in [-0.2, 0) is 9.47 Å². The van der Waals surface area contributed by atoms with Crippen LogP contribution in [0.1, 0.15) is 71.6 Å². The number of hydrogen-bond acceptors (Lipinski definition) is 10. The Morgan fingerprint density at radius 1 is 0.514 bits per heavy atom. The molecule has 4 heterocycles. The van der Waals surface area contributed by atoms with Gasteiger partial charge in [0, 0.05) is 45.7 Å². The molecule has 14 nitrogen and oxygen atoms in total. The van der Waals surface area contributed by atoms with E-state index in [-0.39, 0.29) is 23.9 Å². The summed E-state index contributed by atoms with van der Waals surface area (Å²) in [5.74, 6) is 0.881. The number of benzene rings is 6. The van der Waals surface area contributed by atoms with Gasteiger partial charge in [0.2, 0.25) is 0 Å². The lowest BCUT2D eigenvalue weighted by Crippen LogP contribution is -2.33. The number of aromatic nitrogens is 2. The summed E-state index contributed by atoms with van der Waals surface area (Å²) < 4.78 is 22.2. The van der Waals surface area contributed by atoms with E-state index in [4.69, 9.17) is 18.9 Å². The van der Waals surface area contributed by atoms with E-state index >= 15 is 0 Å². The van der Waals surface area contributed by atoms with Gasteiger partial charge in [-0.2, -0.15) is 0 Å². The van der Waals surface area contributed by atoms with E-state index < -0.39 is 23.4 Å². The standard InChI is InChI=1S/2C28H25N3O4/c2*1-28(2)25(20-8-4-10-22(17-20)34-3)31(27(33)35-28)21-14-12-19(13-15-21)26(32)30-23-11-5-7-18-9-6-16-29-24(18)23/h2*4-17,25H,1-3H3,(H,30,32)/t2*25-/m10/s1. The molecule has 2 aliphatic heterocycles. The first-order valence-corrected chi connectivity index (χ1v) is 22.6. The van der Waals surface area contributed by atoms with Crippen LogP contribution in [0.3, 0.4) is 0 Å². The second kappa shape index (κ2) is 19.1. The number of nitrogens with zero attached hydrogens (tertiary/aromatic N) is 4.